The van der Waals surface area contributed by atoms with Crippen LogP contribution in [-0.4, -0.2) is 47.5 Å². The van der Waals surface area contributed by atoms with Crippen LogP contribution in [-0.2, 0) is 26.0 Å². The highest BCUT2D eigenvalue weighted by Crippen LogP contribution is 2.27. The van der Waals surface area contributed by atoms with Crippen molar-refractivity contribution in [3.63, 3.8) is 0 Å². The van der Waals surface area contributed by atoms with Gasteiger partial charge in [0.2, 0.25) is 11.8 Å². The third-order valence-corrected chi connectivity index (χ3v) is 7.10. The zero-order valence-corrected chi connectivity index (χ0v) is 20.7. The number of hydrogen-bond acceptors (Lipinski definition) is 4. The predicted octanol–water partition coefficient (Wildman–Crippen LogP) is 4.35. The smallest absolute Gasteiger partial charge is 0.242 e. The summed E-state index contributed by atoms with van der Waals surface area (Å²) in [5.41, 5.74) is 1.03. The Balaban J connectivity index is 1.90. The molecule has 1 heterocycles. The molecule has 176 valence electrons. The number of sulfone groups is 1. The van der Waals surface area contributed by atoms with Gasteiger partial charge in [-0.2, -0.15) is 0 Å². The molecule has 0 aliphatic heterocycles. The SMILES string of the molecule is CC(C)N(C(=O)Cn1cc(S(=O)(=O)CC(=O)Nc2cccc(Cl)c2)c2ccccc21)C(C)C. The van der Waals surface area contributed by atoms with E-state index in [0.29, 0.717) is 21.6 Å². The molecule has 2 amide bonds. The van der Waals surface area contributed by atoms with Crippen LogP contribution in [0.4, 0.5) is 5.69 Å². The van der Waals surface area contributed by atoms with E-state index in [9.17, 15) is 18.0 Å². The molecule has 0 saturated heterocycles. The number of rotatable bonds is 8. The van der Waals surface area contributed by atoms with Gasteiger partial charge in [0.1, 0.15) is 12.3 Å². The lowest BCUT2D eigenvalue weighted by Crippen LogP contribution is -2.43. The number of fused-ring (bicyclic) bond motifs is 1. The summed E-state index contributed by atoms with van der Waals surface area (Å²) in [6.07, 6.45) is 1.45. The lowest BCUT2D eigenvalue weighted by molar-refractivity contribution is -0.135. The van der Waals surface area contributed by atoms with Crippen molar-refractivity contribution < 1.29 is 18.0 Å². The Hall–Kier alpha value is -2.84. The number of carbonyl (C=O) groups excluding carboxylic acids is 2. The maximum atomic E-state index is 13.2. The van der Waals surface area contributed by atoms with Crippen LogP contribution in [0.5, 0.6) is 0 Å². The molecule has 0 spiro atoms. The van der Waals surface area contributed by atoms with Gasteiger partial charge in [-0.3, -0.25) is 9.59 Å². The molecule has 0 aliphatic carbocycles. The number of nitrogens with one attached hydrogen (secondary N) is 1. The van der Waals surface area contributed by atoms with Gasteiger partial charge in [-0.25, -0.2) is 8.42 Å². The second kappa shape index (κ2) is 9.97. The molecule has 0 atom stereocenters. The first kappa shape index (κ1) is 24.8. The maximum Gasteiger partial charge on any atom is 0.242 e. The molecule has 33 heavy (non-hydrogen) atoms. The third-order valence-electron chi connectivity index (χ3n) is 5.22. The Morgan fingerprint density at radius 1 is 1.03 bits per heavy atom. The van der Waals surface area contributed by atoms with Gasteiger partial charge in [0.15, 0.2) is 9.84 Å². The molecule has 2 aromatic carbocycles. The number of hydrogen-bond donors (Lipinski definition) is 1. The van der Waals surface area contributed by atoms with Crippen molar-refractivity contribution in [2.24, 2.45) is 0 Å². The fraction of sp³-hybridized carbons (Fsp3) is 0.333. The number of aromatic nitrogens is 1. The highest BCUT2D eigenvalue weighted by atomic mass is 35.5. The topological polar surface area (TPSA) is 88.5 Å². The number of halogens is 1. The predicted molar refractivity (Wildman–Crippen MR) is 131 cm³/mol. The van der Waals surface area contributed by atoms with Gasteiger partial charge >= 0.3 is 0 Å². The van der Waals surface area contributed by atoms with Gasteiger partial charge in [-0.15, -0.1) is 0 Å². The van der Waals surface area contributed by atoms with Crippen LogP contribution < -0.4 is 5.32 Å². The average Bonchev–Trinajstić information content (AvgIpc) is 3.06. The minimum Gasteiger partial charge on any atom is -0.337 e. The summed E-state index contributed by atoms with van der Waals surface area (Å²) in [4.78, 5) is 27.2. The van der Waals surface area contributed by atoms with Gasteiger partial charge in [0.05, 0.1) is 4.90 Å². The number of amides is 2. The first-order chi connectivity index (χ1) is 15.5. The Labute approximate surface area is 199 Å². The minimum atomic E-state index is -3.97. The molecule has 0 fully saturated rings. The quantitative estimate of drug-likeness (QED) is 0.509. The zero-order valence-electron chi connectivity index (χ0n) is 19.1. The van der Waals surface area contributed by atoms with Crippen LogP contribution in [0.25, 0.3) is 10.9 Å². The molecule has 0 aliphatic rings. The Bertz CT molecular complexity index is 1270. The molecular weight excluding hydrogens is 462 g/mol. The van der Waals surface area contributed by atoms with Crippen molar-refractivity contribution in [2.75, 3.05) is 11.1 Å². The van der Waals surface area contributed by atoms with E-state index in [4.69, 9.17) is 11.6 Å². The average molecular weight is 490 g/mol. The molecule has 0 bridgehead atoms. The normalized spacial score (nSPS) is 11.8. The molecule has 3 aromatic rings. The van der Waals surface area contributed by atoms with Gasteiger partial charge in [-0.1, -0.05) is 35.9 Å². The van der Waals surface area contributed by atoms with Crippen molar-refractivity contribution in [3.05, 3.63) is 59.8 Å². The standard InChI is InChI=1S/C24H28ClN3O4S/c1-16(2)28(17(3)4)24(30)14-27-13-22(20-10-5-6-11-21(20)27)33(31,32)15-23(29)26-19-9-7-8-18(25)12-19/h5-13,16-17H,14-15H2,1-4H3,(H,26,29). The van der Waals surface area contributed by atoms with Crippen LogP contribution in [0.2, 0.25) is 5.02 Å². The maximum absolute atomic E-state index is 13.2. The molecule has 7 nitrogen and oxygen atoms in total. The second-order valence-electron chi connectivity index (χ2n) is 8.44. The molecule has 0 unspecified atom stereocenters. The van der Waals surface area contributed by atoms with E-state index in [1.54, 1.807) is 58.0 Å². The summed E-state index contributed by atoms with van der Waals surface area (Å²) < 4.78 is 28.0. The molecule has 9 heteroatoms. The Morgan fingerprint density at radius 2 is 1.70 bits per heavy atom. The number of anilines is 1. The van der Waals surface area contributed by atoms with E-state index in [-0.39, 0.29) is 29.4 Å². The molecule has 0 radical (unpaired) electrons. The second-order valence-corrected chi connectivity index (χ2v) is 10.8. The summed E-state index contributed by atoms with van der Waals surface area (Å²) in [6, 6.07) is 13.5. The van der Waals surface area contributed by atoms with Crippen molar-refractivity contribution in [1.82, 2.24) is 9.47 Å². The first-order valence-corrected chi connectivity index (χ1v) is 12.7. The highest BCUT2D eigenvalue weighted by Gasteiger charge is 2.26. The summed E-state index contributed by atoms with van der Waals surface area (Å²) in [6.45, 7) is 7.78. The highest BCUT2D eigenvalue weighted by molar-refractivity contribution is 7.92. The third kappa shape index (κ3) is 5.75. The fourth-order valence-electron chi connectivity index (χ4n) is 4.00. The number of nitrogens with zero attached hydrogens (tertiary/aromatic N) is 2. The van der Waals surface area contributed by atoms with Crippen molar-refractivity contribution in [3.8, 4) is 0 Å². The van der Waals surface area contributed by atoms with Crippen molar-refractivity contribution in [1.29, 1.82) is 0 Å². The first-order valence-electron chi connectivity index (χ1n) is 10.7. The Kier molecular flexibility index (Phi) is 7.49. The molecule has 0 saturated carbocycles. The number of carbonyl (C=O) groups is 2. The zero-order chi connectivity index (χ0) is 24.3. The molecular formula is C24H28ClN3O4S. The van der Waals surface area contributed by atoms with Crippen molar-refractivity contribution >= 4 is 49.8 Å². The lowest BCUT2D eigenvalue weighted by atomic mass is 10.2. The monoisotopic (exact) mass is 489 g/mol. The summed E-state index contributed by atoms with van der Waals surface area (Å²) in [7, 11) is -3.97. The summed E-state index contributed by atoms with van der Waals surface area (Å²) in [5, 5.41) is 3.47. The van der Waals surface area contributed by atoms with Crippen LogP contribution in [0, 0.1) is 0 Å². The van der Waals surface area contributed by atoms with Gasteiger partial charge in [-0.05, 0) is 52.0 Å². The van der Waals surface area contributed by atoms with E-state index in [0.717, 1.165) is 0 Å². The van der Waals surface area contributed by atoms with Gasteiger partial charge in [0, 0.05) is 39.9 Å². The van der Waals surface area contributed by atoms with E-state index in [1.165, 1.54) is 6.20 Å². The fourth-order valence-corrected chi connectivity index (χ4v) is 5.56. The van der Waals surface area contributed by atoms with Crippen LogP contribution in [0.15, 0.2) is 59.6 Å². The lowest BCUT2D eigenvalue weighted by Gasteiger charge is -2.31. The van der Waals surface area contributed by atoms with Gasteiger partial charge in [0.25, 0.3) is 0 Å². The van der Waals surface area contributed by atoms with E-state index < -0.39 is 21.5 Å². The van der Waals surface area contributed by atoms with E-state index in [2.05, 4.69) is 5.32 Å². The summed E-state index contributed by atoms with van der Waals surface area (Å²) in [5.74, 6) is -1.51. The van der Waals surface area contributed by atoms with E-state index in [1.807, 2.05) is 27.7 Å². The number of benzene rings is 2. The van der Waals surface area contributed by atoms with Crippen LogP contribution in [0.3, 0.4) is 0 Å². The van der Waals surface area contributed by atoms with Crippen LogP contribution in [0.1, 0.15) is 27.7 Å². The van der Waals surface area contributed by atoms with Crippen LogP contribution >= 0.6 is 11.6 Å². The van der Waals surface area contributed by atoms with E-state index >= 15 is 0 Å². The largest absolute Gasteiger partial charge is 0.337 e. The van der Waals surface area contributed by atoms with Crippen molar-refractivity contribution in [2.45, 2.75) is 51.2 Å². The summed E-state index contributed by atoms with van der Waals surface area (Å²) >= 11 is 5.92. The Morgan fingerprint density at radius 3 is 2.33 bits per heavy atom. The molecule has 1 aromatic heterocycles. The van der Waals surface area contributed by atoms with Gasteiger partial charge < -0.3 is 14.8 Å². The number of para-hydroxylation sites is 1. The molecule has 3 rings (SSSR count). The minimum absolute atomic E-state index is 0.00110. The molecule has 1 N–H and O–H groups in total.